The van der Waals surface area contributed by atoms with Gasteiger partial charge in [-0.25, -0.2) is 0 Å². The number of benzene rings is 1. The predicted molar refractivity (Wildman–Crippen MR) is 76.6 cm³/mol. The van der Waals surface area contributed by atoms with Crippen LogP contribution in [0.25, 0.3) is 6.08 Å². The maximum atomic E-state index is 12.4. The number of ether oxygens (including phenoxy) is 1. The number of fused-ring (bicyclic) bond motifs is 1. The molecule has 0 atom stereocenters. The summed E-state index contributed by atoms with van der Waals surface area (Å²) in [6.07, 6.45) is 1.73. The molecular weight excluding hydrogens is 328 g/mol. The summed E-state index contributed by atoms with van der Waals surface area (Å²) in [5, 5.41) is 5.70. The van der Waals surface area contributed by atoms with E-state index in [4.69, 9.17) is 4.74 Å². The molecule has 0 unspecified atom stereocenters. The van der Waals surface area contributed by atoms with Crippen molar-refractivity contribution in [2.24, 2.45) is 0 Å². The zero-order chi connectivity index (χ0) is 13.4. The lowest BCUT2D eigenvalue weighted by Gasteiger charge is -2.20. The van der Waals surface area contributed by atoms with Gasteiger partial charge >= 0.3 is 0 Å². The molecule has 1 aromatic carbocycles. The number of aromatic nitrogens is 2. The minimum atomic E-state index is -0.0151. The van der Waals surface area contributed by atoms with Gasteiger partial charge in [-0.2, -0.15) is 0 Å². The van der Waals surface area contributed by atoms with Crippen LogP contribution in [0.2, 0.25) is 0 Å². The van der Waals surface area contributed by atoms with E-state index in [0.717, 1.165) is 10.0 Å². The van der Waals surface area contributed by atoms with Gasteiger partial charge in [0.25, 0.3) is 0 Å². The van der Waals surface area contributed by atoms with Gasteiger partial charge in [-0.05, 0) is 58.2 Å². The van der Waals surface area contributed by atoms with Crippen molar-refractivity contribution in [3.8, 4) is 5.75 Å². The van der Waals surface area contributed by atoms with E-state index in [-0.39, 0.29) is 12.4 Å². The first-order valence-electron chi connectivity index (χ1n) is 5.60. The monoisotopic (exact) mass is 336 g/mol. The van der Waals surface area contributed by atoms with Crippen molar-refractivity contribution in [3.05, 3.63) is 44.4 Å². The molecule has 0 aliphatic carbocycles. The number of hydrogen-bond acceptors (Lipinski definition) is 5. The maximum Gasteiger partial charge on any atom is 0.196 e. The lowest BCUT2D eigenvalue weighted by molar-refractivity contribution is 0.100. The van der Waals surface area contributed by atoms with Crippen molar-refractivity contribution in [1.82, 2.24) is 9.59 Å². The summed E-state index contributed by atoms with van der Waals surface area (Å²) in [6.45, 7) is 2.20. The molecule has 0 spiro atoms. The summed E-state index contributed by atoms with van der Waals surface area (Å²) in [5.41, 5.74) is 2.89. The highest BCUT2D eigenvalue weighted by Gasteiger charge is 2.25. The number of ketones is 1. The summed E-state index contributed by atoms with van der Waals surface area (Å²) in [5.74, 6) is 0.600. The van der Waals surface area contributed by atoms with E-state index in [2.05, 4.69) is 25.5 Å². The van der Waals surface area contributed by atoms with Crippen LogP contribution in [-0.2, 0) is 0 Å². The van der Waals surface area contributed by atoms with Crippen molar-refractivity contribution in [2.75, 3.05) is 6.61 Å². The number of carbonyl (C=O) groups excluding carboxylic acids is 1. The van der Waals surface area contributed by atoms with Crippen LogP contribution >= 0.6 is 27.5 Å². The van der Waals surface area contributed by atoms with Gasteiger partial charge in [0, 0.05) is 11.0 Å². The van der Waals surface area contributed by atoms with Crippen LogP contribution in [-0.4, -0.2) is 22.0 Å². The molecule has 0 saturated heterocycles. The second-order valence-corrected chi connectivity index (χ2v) is 5.70. The highest BCUT2D eigenvalue weighted by atomic mass is 79.9. The normalized spacial score (nSPS) is 16.3. The number of rotatable bonds is 1. The van der Waals surface area contributed by atoms with Crippen molar-refractivity contribution in [2.45, 2.75) is 6.92 Å². The first-order chi connectivity index (χ1) is 9.15. The van der Waals surface area contributed by atoms with Crippen molar-refractivity contribution < 1.29 is 9.53 Å². The molecule has 2 aromatic rings. The lowest BCUT2D eigenvalue weighted by atomic mass is 9.98. The van der Waals surface area contributed by atoms with Crippen LogP contribution in [0.15, 0.2) is 27.6 Å². The molecule has 4 nitrogen and oxygen atoms in total. The molecule has 0 amide bonds. The molecule has 96 valence electrons. The van der Waals surface area contributed by atoms with Crippen LogP contribution in [0, 0.1) is 6.92 Å². The van der Waals surface area contributed by atoms with E-state index < -0.39 is 0 Å². The Hall–Kier alpha value is -1.53. The summed E-state index contributed by atoms with van der Waals surface area (Å²) in [6, 6.07) is 3.78. The number of hydrogen-bond donors (Lipinski definition) is 0. The zero-order valence-corrected chi connectivity index (χ0v) is 12.4. The molecule has 0 fully saturated rings. The molecule has 2 heterocycles. The first-order valence-corrected chi connectivity index (χ1v) is 7.23. The molecule has 3 rings (SSSR count). The molecule has 1 aliphatic rings. The van der Waals surface area contributed by atoms with E-state index in [1.165, 1.54) is 11.5 Å². The van der Waals surface area contributed by atoms with Gasteiger partial charge in [-0.3, -0.25) is 4.79 Å². The van der Waals surface area contributed by atoms with Crippen LogP contribution < -0.4 is 4.74 Å². The summed E-state index contributed by atoms with van der Waals surface area (Å²) in [7, 11) is 0. The zero-order valence-electron chi connectivity index (χ0n) is 10.0. The highest BCUT2D eigenvalue weighted by Crippen LogP contribution is 2.35. The fraction of sp³-hybridized carbons (Fsp3) is 0.154. The minimum Gasteiger partial charge on any atom is -0.487 e. The Morgan fingerprint density at radius 3 is 3.05 bits per heavy atom. The summed E-state index contributed by atoms with van der Waals surface area (Å²) in [4.78, 5) is 12.4. The number of Topliss-reactive ketones (excluding diaryl/α,β-unsaturated/α-hetero) is 1. The van der Waals surface area contributed by atoms with Gasteiger partial charge in [-0.1, -0.05) is 4.49 Å². The van der Waals surface area contributed by atoms with Gasteiger partial charge in [0.1, 0.15) is 12.4 Å². The second kappa shape index (κ2) is 4.86. The Labute approximate surface area is 122 Å². The Bertz CT molecular complexity index is 680. The Morgan fingerprint density at radius 1 is 1.47 bits per heavy atom. The molecule has 0 bridgehead atoms. The van der Waals surface area contributed by atoms with Crippen molar-refractivity contribution >= 4 is 39.3 Å². The third-order valence-corrected chi connectivity index (χ3v) is 3.91. The van der Waals surface area contributed by atoms with Gasteiger partial charge in [0.15, 0.2) is 5.78 Å². The minimum absolute atomic E-state index is 0.0151. The Morgan fingerprint density at radius 2 is 2.32 bits per heavy atom. The third kappa shape index (κ3) is 2.33. The Kier molecular flexibility index (Phi) is 3.20. The van der Waals surface area contributed by atoms with Crippen LogP contribution in [0.1, 0.15) is 21.6 Å². The van der Waals surface area contributed by atoms with Gasteiger partial charge < -0.3 is 4.74 Å². The summed E-state index contributed by atoms with van der Waals surface area (Å²) < 4.78 is 10.2. The van der Waals surface area contributed by atoms with E-state index in [0.29, 0.717) is 22.6 Å². The fourth-order valence-electron chi connectivity index (χ4n) is 1.95. The molecule has 0 N–H and O–H groups in total. The summed E-state index contributed by atoms with van der Waals surface area (Å²) >= 11 is 4.68. The van der Waals surface area contributed by atoms with Gasteiger partial charge in [-0.15, -0.1) is 5.10 Å². The van der Waals surface area contributed by atoms with E-state index in [1.54, 1.807) is 11.5 Å². The standard InChI is InChI=1S/C13H9BrN2O2S/c1-7-2-10-12(17)8(4-9-6-19-16-15-9)5-18-13(10)11(14)3-7/h2-4,6H,5H2,1H3/b8-4-. The van der Waals surface area contributed by atoms with Crippen LogP contribution in [0.5, 0.6) is 5.75 Å². The SMILES string of the molecule is Cc1cc(Br)c2c(c1)C(=O)/C(=C\c1csnn1)CO2. The quantitative estimate of drug-likeness (QED) is 0.750. The van der Waals surface area contributed by atoms with E-state index >= 15 is 0 Å². The Balaban J connectivity index is 2.05. The molecule has 6 heteroatoms. The van der Waals surface area contributed by atoms with Crippen LogP contribution in [0.3, 0.4) is 0 Å². The third-order valence-electron chi connectivity index (χ3n) is 2.80. The number of halogens is 1. The van der Waals surface area contributed by atoms with Crippen LogP contribution in [0.4, 0.5) is 0 Å². The molecule has 1 aliphatic heterocycles. The topological polar surface area (TPSA) is 52.1 Å². The largest absolute Gasteiger partial charge is 0.487 e. The smallest absolute Gasteiger partial charge is 0.196 e. The van der Waals surface area contributed by atoms with Gasteiger partial charge in [0.2, 0.25) is 0 Å². The van der Waals surface area contributed by atoms with Crippen molar-refractivity contribution in [1.29, 1.82) is 0 Å². The molecule has 0 saturated carbocycles. The second-order valence-electron chi connectivity index (χ2n) is 4.24. The van der Waals surface area contributed by atoms with E-state index in [1.807, 2.05) is 19.1 Å². The lowest BCUT2D eigenvalue weighted by Crippen LogP contribution is -2.19. The molecule has 0 radical (unpaired) electrons. The molecule has 1 aromatic heterocycles. The number of nitrogens with zero attached hydrogens (tertiary/aromatic N) is 2. The average Bonchev–Trinajstić information content (AvgIpc) is 2.86. The molecule has 19 heavy (non-hydrogen) atoms. The average molecular weight is 337 g/mol. The maximum absolute atomic E-state index is 12.4. The van der Waals surface area contributed by atoms with Crippen molar-refractivity contribution in [3.63, 3.8) is 0 Å². The molecular formula is C13H9BrN2O2S. The van der Waals surface area contributed by atoms with Gasteiger partial charge in [0.05, 0.1) is 15.7 Å². The highest BCUT2D eigenvalue weighted by molar-refractivity contribution is 9.10. The fourth-order valence-corrected chi connectivity index (χ4v) is 3.05. The predicted octanol–water partition coefficient (Wildman–Crippen LogP) is 3.27. The number of carbonyl (C=O) groups is 1. The number of aryl methyl sites for hydroxylation is 1. The first kappa shape index (κ1) is 12.5. The van der Waals surface area contributed by atoms with E-state index in [9.17, 15) is 4.79 Å².